The largest absolute Gasteiger partial charge is 0.383 e. The van der Waals surface area contributed by atoms with Gasteiger partial charge in [-0.2, -0.15) is 10.4 Å². The fourth-order valence-corrected chi connectivity index (χ4v) is 1.94. The summed E-state index contributed by atoms with van der Waals surface area (Å²) in [6, 6.07) is 4.65. The van der Waals surface area contributed by atoms with Gasteiger partial charge in [0.1, 0.15) is 17.5 Å². The SMILES string of the molecule is Cn1cc([C@](C)(O)CNC(=O)Nc2ccc(F)cc2C#N)cn1. The molecule has 8 heteroatoms. The minimum Gasteiger partial charge on any atom is -0.383 e. The van der Waals surface area contributed by atoms with Crippen molar-refractivity contribution in [1.29, 1.82) is 5.26 Å². The molecule has 2 rings (SSSR count). The molecule has 0 aliphatic carbocycles. The van der Waals surface area contributed by atoms with Crippen molar-refractivity contribution in [3.05, 3.63) is 47.5 Å². The summed E-state index contributed by atoms with van der Waals surface area (Å²) in [6.45, 7) is 1.48. The van der Waals surface area contributed by atoms with Gasteiger partial charge in [-0.25, -0.2) is 9.18 Å². The zero-order valence-electron chi connectivity index (χ0n) is 12.7. The molecule has 1 heterocycles. The van der Waals surface area contributed by atoms with Crippen molar-refractivity contribution in [3.8, 4) is 6.07 Å². The van der Waals surface area contributed by atoms with Crippen LogP contribution in [-0.4, -0.2) is 27.5 Å². The first-order valence-corrected chi connectivity index (χ1v) is 6.78. The Morgan fingerprint density at radius 3 is 2.91 bits per heavy atom. The van der Waals surface area contributed by atoms with Gasteiger partial charge in [0.2, 0.25) is 0 Å². The molecule has 120 valence electrons. The van der Waals surface area contributed by atoms with E-state index in [0.29, 0.717) is 5.56 Å². The van der Waals surface area contributed by atoms with Crippen LogP contribution in [0.15, 0.2) is 30.6 Å². The maximum absolute atomic E-state index is 13.0. The molecule has 0 saturated heterocycles. The van der Waals surface area contributed by atoms with Gasteiger partial charge >= 0.3 is 6.03 Å². The highest BCUT2D eigenvalue weighted by molar-refractivity contribution is 5.90. The third-order valence-electron chi connectivity index (χ3n) is 3.27. The first-order valence-electron chi connectivity index (χ1n) is 6.78. The Morgan fingerprint density at radius 2 is 2.30 bits per heavy atom. The zero-order valence-corrected chi connectivity index (χ0v) is 12.7. The number of rotatable bonds is 4. The number of amides is 2. The summed E-state index contributed by atoms with van der Waals surface area (Å²) in [5.74, 6) is -0.563. The maximum Gasteiger partial charge on any atom is 0.319 e. The molecule has 2 amide bonds. The number of aromatic nitrogens is 2. The summed E-state index contributed by atoms with van der Waals surface area (Å²) in [4.78, 5) is 11.9. The van der Waals surface area contributed by atoms with Gasteiger partial charge < -0.3 is 15.7 Å². The lowest BCUT2D eigenvalue weighted by molar-refractivity contribution is 0.0599. The van der Waals surface area contributed by atoms with Crippen molar-refractivity contribution >= 4 is 11.7 Å². The highest BCUT2D eigenvalue weighted by atomic mass is 19.1. The van der Waals surface area contributed by atoms with Crippen LogP contribution in [0, 0.1) is 17.1 Å². The van der Waals surface area contributed by atoms with E-state index in [4.69, 9.17) is 5.26 Å². The predicted octanol–water partition coefficient (Wildman–Crippen LogP) is 1.46. The van der Waals surface area contributed by atoms with Crippen molar-refractivity contribution in [2.24, 2.45) is 7.05 Å². The van der Waals surface area contributed by atoms with E-state index in [2.05, 4.69) is 15.7 Å². The molecular weight excluding hydrogens is 301 g/mol. The van der Waals surface area contributed by atoms with Gasteiger partial charge in [-0.05, 0) is 25.1 Å². The lowest BCUT2D eigenvalue weighted by atomic mass is 10.00. The van der Waals surface area contributed by atoms with Crippen molar-refractivity contribution in [2.45, 2.75) is 12.5 Å². The number of nitrogens with zero attached hydrogens (tertiary/aromatic N) is 3. The first-order chi connectivity index (χ1) is 10.8. The Morgan fingerprint density at radius 1 is 1.57 bits per heavy atom. The molecule has 0 aliphatic rings. The lowest BCUT2D eigenvalue weighted by Gasteiger charge is -2.22. The van der Waals surface area contributed by atoms with Crippen LogP contribution in [0.4, 0.5) is 14.9 Å². The molecule has 0 unspecified atom stereocenters. The molecule has 0 fully saturated rings. The van der Waals surface area contributed by atoms with Gasteiger partial charge in [-0.3, -0.25) is 4.68 Å². The fraction of sp³-hybridized carbons (Fsp3) is 0.267. The van der Waals surface area contributed by atoms with Crippen LogP contribution in [0.5, 0.6) is 0 Å². The molecule has 0 saturated carbocycles. The van der Waals surface area contributed by atoms with Crippen LogP contribution in [-0.2, 0) is 12.6 Å². The topological polar surface area (TPSA) is 103 Å². The summed E-state index contributed by atoms with van der Waals surface area (Å²) in [7, 11) is 1.72. The number of benzene rings is 1. The average molecular weight is 317 g/mol. The number of anilines is 1. The number of carbonyl (C=O) groups is 1. The summed E-state index contributed by atoms with van der Waals surface area (Å²) in [5.41, 5.74) is -0.543. The second-order valence-electron chi connectivity index (χ2n) is 5.29. The van der Waals surface area contributed by atoms with E-state index >= 15 is 0 Å². The fourth-order valence-electron chi connectivity index (χ4n) is 1.94. The highest BCUT2D eigenvalue weighted by Gasteiger charge is 2.25. The molecule has 0 spiro atoms. The standard InChI is InChI=1S/C15H16FN5O2/c1-15(23,11-7-19-21(2)8-11)9-18-14(22)20-13-4-3-12(16)5-10(13)6-17/h3-5,7-8,23H,9H2,1-2H3,(H2,18,20,22)/t15-/m1/s1. The van der Waals surface area contributed by atoms with Crippen molar-refractivity contribution in [3.63, 3.8) is 0 Å². The van der Waals surface area contributed by atoms with Crippen LogP contribution in [0.3, 0.4) is 0 Å². The second-order valence-corrected chi connectivity index (χ2v) is 5.29. The van der Waals surface area contributed by atoms with Gasteiger partial charge in [0, 0.05) is 18.8 Å². The van der Waals surface area contributed by atoms with Crippen LogP contribution in [0.25, 0.3) is 0 Å². The van der Waals surface area contributed by atoms with Crippen molar-refractivity contribution < 1.29 is 14.3 Å². The van der Waals surface area contributed by atoms with Crippen molar-refractivity contribution in [2.75, 3.05) is 11.9 Å². The molecule has 1 aromatic carbocycles. The number of hydrogen-bond donors (Lipinski definition) is 3. The van der Waals surface area contributed by atoms with Crippen LogP contribution in [0.2, 0.25) is 0 Å². The average Bonchev–Trinajstić information content (AvgIpc) is 2.94. The molecule has 2 aromatic rings. The maximum atomic E-state index is 13.0. The summed E-state index contributed by atoms with van der Waals surface area (Å²) in [6.07, 6.45) is 3.15. The number of nitriles is 1. The second kappa shape index (κ2) is 6.46. The van der Waals surface area contributed by atoms with Gasteiger partial charge in [-0.15, -0.1) is 0 Å². The highest BCUT2D eigenvalue weighted by Crippen LogP contribution is 2.19. The van der Waals surface area contributed by atoms with Gasteiger partial charge in [0.25, 0.3) is 0 Å². The first kappa shape index (κ1) is 16.5. The quantitative estimate of drug-likeness (QED) is 0.794. The molecule has 23 heavy (non-hydrogen) atoms. The molecule has 0 bridgehead atoms. The number of carbonyl (C=O) groups excluding carboxylic acids is 1. The van der Waals surface area contributed by atoms with Gasteiger partial charge in [-0.1, -0.05) is 0 Å². The number of hydrogen-bond acceptors (Lipinski definition) is 4. The van der Waals surface area contributed by atoms with E-state index in [0.717, 1.165) is 12.1 Å². The predicted molar refractivity (Wildman–Crippen MR) is 80.9 cm³/mol. The zero-order chi connectivity index (χ0) is 17.0. The molecule has 7 nitrogen and oxygen atoms in total. The third kappa shape index (κ3) is 4.05. The van der Waals surface area contributed by atoms with Gasteiger partial charge in [0.15, 0.2) is 0 Å². The summed E-state index contributed by atoms with van der Waals surface area (Å²) < 4.78 is 14.6. The molecule has 1 atom stereocenters. The minimum absolute atomic E-state index is 0.0131. The molecule has 0 aliphatic heterocycles. The van der Waals surface area contributed by atoms with E-state index in [1.807, 2.05) is 0 Å². The number of urea groups is 1. The Balaban J connectivity index is 1.99. The number of aliphatic hydroxyl groups is 1. The Labute approximate surface area is 132 Å². The Kier molecular flexibility index (Phi) is 4.62. The van der Waals surface area contributed by atoms with Crippen LogP contribution < -0.4 is 10.6 Å². The number of aryl methyl sites for hydroxylation is 1. The Bertz CT molecular complexity index is 763. The van der Waals surface area contributed by atoms with Crippen LogP contribution in [0.1, 0.15) is 18.1 Å². The normalized spacial score (nSPS) is 13.0. The molecular formula is C15H16FN5O2. The van der Waals surface area contributed by atoms with E-state index in [1.54, 1.807) is 30.9 Å². The van der Waals surface area contributed by atoms with E-state index in [9.17, 15) is 14.3 Å². The Hall–Kier alpha value is -2.92. The van der Waals surface area contributed by atoms with Crippen LogP contribution >= 0.6 is 0 Å². The van der Waals surface area contributed by atoms with E-state index in [-0.39, 0.29) is 17.8 Å². The molecule has 1 aromatic heterocycles. The lowest BCUT2D eigenvalue weighted by Crippen LogP contribution is -2.40. The van der Waals surface area contributed by atoms with Gasteiger partial charge in [0.05, 0.1) is 24.0 Å². The number of halogens is 1. The number of nitrogens with one attached hydrogen (secondary N) is 2. The molecule has 3 N–H and O–H groups in total. The monoisotopic (exact) mass is 317 g/mol. The molecule has 0 radical (unpaired) electrons. The summed E-state index contributed by atoms with van der Waals surface area (Å²) >= 11 is 0. The smallest absolute Gasteiger partial charge is 0.319 e. The van der Waals surface area contributed by atoms with Crippen molar-refractivity contribution in [1.82, 2.24) is 15.1 Å². The minimum atomic E-state index is -1.30. The van der Waals surface area contributed by atoms with E-state index < -0.39 is 17.4 Å². The van der Waals surface area contributed by atoms with E-state index in [1.165, 1.54) is 12.3 Å². The third-order valence-corrected chi connectivity index (χ3v) is 3.27. The summed E-state index contributed by atoms with van der Waals surface area (Å²) in [5, 5.41) is 28.2.